The van der Waals surface area contributed by atoms with Crippen LogP contribution < -0.4 is 9.80 Å². The van der Waals surface area contributed by atoms with Crippen molar-refractivity contribution in [3.8, 4) is 0 Å². The average Bonchev–Trinajstić information content (AvgIpc) is 3.22. The van der Waals surface area contributed by atoms with E-state index in [9.17, 15) is 9.18 Å². The third-order valence-corrected chi connectivity index (χ3v) is 5.67. The smallest absolute Gasteiger partial charge is 0.260 e. The standard InChI is InChI=1S/C20H18ClFN4O2S/c21-18-6-1-14(11-23-18)19(27)26(17-4-2-15(22)3-5-17)12-16-13-29-20(24-16)25-7-9-28-10-8-25/h1-6,11,13H,7-10,12H2. The predicted molar refractivity (Wildman–Crippen MR) is 111 cm³/mol. The van der Waals surface area contributed by atoms with Gasteiger partial charge in [0.15, 0.2) is 5.13 Å². The van der Waals surface area contributed by atoms with Crippen LogP contribution in [0, 0.1) is 5.82 Å². The van der Waals surface area contributed by atoms with Crippen LogP contribution in [-0.2, 0) is 11.3 Å². The molecule has 3 aromatic rings. The molecule has 0 saturated carbocycles. The van der Waals surface area contributed by atoms with E-state index >= 15 is 0 Å². The number of benzene rings is 1. The number of amides is 1. The van der Waals surface area contributed by atoms with Crippen molar-refractivity contribution < 1.29 is 13.9 Å². The number of hydrogen-bond acceptors (Lipinski definition) is 6. The summed E-state index contributed by atoms with van der Waals surface area (Å²) in [5.74, 6) is -0.626. The number of carbonyl (C=O) groups excluding carboxylic acids is 1. The van der Waals surface area contributed by atoms with Gasteiger partial charge in [-0.1, -0.05) is 11.6 Å². The van der Waals surface area contributed by atoms with Gasteiger partial charge in [-0.25, -0.2) is 14.4 Å². The number of thiazole rings is 1. The number of pyridine rings is 1. The minimum atomic E-state index is -0.363. The van der Waals surface area contributed by atoms with Gasteiger partial charge in [0.1, 0.15) is 11.0 Å². The van der Waals surface area contributed by atoms with Crippen LogP contribution in [0.4, 0.5) is 15.2 Å². The van der Waals surface area contributed by atoms with E-state index in [2.05, 4.69) is 9.88 Å². The Morgan fingerprint density at radius 1 is 1.21 bits per heavy atom. The van der Waals surface area contributed by atoms with Crippen molar-refractivity contribution in [3.63, 3.8) is 0 Å². The lowest BCUT2D eigenvalue weighted by atomic mass is 10.2. The summed E-state index contributed by atoms with van der Waals surface area (Å²) in [7, 11) is 0. The molecule has 0 unspecified atom stereocenters. The number of anilines is 2. The zero-order valence-corrected chi connectivity index (χ0v) is 17.0. The van der Waals surface area contributed by atoms with Crippen LogP contribution in [-0.4, -0.2) is 42.2 Å². The van der Waals surface area contributed by atoms with Crippen molar-refractivity contribution in [2.45, 2.75) is 6.54 Å². The van der Waals surface area contributed by atoms with Crippen molar-refractivity contribution in [1.82, 2.24) is 9.97 Å². The van der Waals surface area contributed by atoms with Crippen molar-refractivity contribution in [2.24, 2.45) is 0 Å². The fraction of sp³-hybridized carbons (Fsp3) is 0.250. The first kappa shape index (κ1) is 19.8. The van der Waals surface area contributed by atoms with E-state index < -0.39 is 0 Å². The summed E-state index contributed by atoms with van der Waals surface area (Å²) in [6, 6.07) is 8.99. The maximum Gasteiger partial charge on any atom is 0.260 e. The minimum Gasteiger partial charge on any atom is -0.378 e. The molecule has 150 valence electrons. The molecule has 1 aliphatic rings. The van der Waals surface area contributed by atoms with E-state index in [4.69, 9.17) is 21.3 Å². The number of aromatic nitrogens is 2. The Labute approximate surface area is 176 Å². The van der Waals surface area contributed by atoms with Gasteiger partial charge in [0.05, 0.1) is 31.0 Å². The van der Waals surface area contributed by atoms with Crippen LogP contribution in [0.15, 0.2) is 48.0 Å². The molecule has 1 aromatic carbocycles. The first-order valence-electron chi connectivity index (χ1n) is 9.06. The Balaban J connectivity index is 1.60. The number of morpholine rings is 1. The lowest BCUT2D eigenvalue weighted by Gasteiger charge is -2.26. The monoisotopic (exact) mass is 432 g/mol. The molecule has 1 amide bonds. The molecule has 0 bridgehead atoms. The second kappa shape index (κ2) is 8.86. The average molecular weight is 433 g/mol. The molecule has 1 aliphatic heterocycles. The number of halogens is 2. The molecular weight excluding hydrogens is 415 g/mol. The molecule has 3 heterocycles. The van der Waals surface area contributed by atoms with Gasteiger partial charge in [-0.3, -0.25) is 4.79 Å². The van der Waals surface area contributed by atoms with E-state index in [0.29, 0.717) is 29.6 Å². The number of hydrogen-bond donors (Lipinski definition) is 0. The Morgan fingerprint density at radius 3 is 2.66 bits per heavy atom. The highest BCUT2D eigenvalue weighted by Gasteiger charge is 2.21. The maximum absolute atomic E-state index is 13.4. The van der Waals surface area contributed by atoms with E-state index in [0.717, 1.165) is 23.9 Å². The van der Waals surface area contributed by atoms with Crippen LogP contribution in [0.5, 0.6) is 0 Å². The van der Waals surface area contributed by atoms with Crippen molar-refractivity contribution in [1.29, 1.82) is 0 Å². The van der Waals surface area contributed by atoms with Gasteiger partial charge in [0.25, 0.3) is 5.91 Å². The summed E-state index contributed by atoms with van der Waals surface area (Å²) in [6.45, 7) is 3.21. The third-order valence-electron chi connectivity index (χ3n) is 4.50. The first-order valence-corrected chi connectivity index (χ1v) is 10.3. The molecule has 29 heavy (non-hydrogen) atoms. The van der Waals surface area contributed by atoms with Gasteiger partial charge >= 0.3 is 0 Å². The Morgan fingerprint density at radius 2 is 1.97 bits per heavy atom. The lowest BCUT2D eigenvalue weighted by molar-refractivity contribution is 0.0984. The topological polar surface area (TPSA) is 58.6 Å². The van der Waals surface area contributed by atoms with E-state index in [1.54, 1.807) is 29.2 Å². The number of nitrogens with zero attached hydrogens (tertiary/aromatic N) is 4. The van der Waals surface area contributed by atoms with Gasteiger partial charge in [0.2, 0.25) is 0 Å². The highest BCUT2D eigenvalue weighted by molar-refractivity contribution is 7.13. The normalized spacial score (nSPS) is 14.1. The van der Waals surface area contributed by atoms with Crippen LogP contribution in [0.2, 0.25) is 5.15 Å². The fourth-order valence-corrected chi connectivity index (χ4v) is 3.97. The molecule has 0 N–H and O–H groups in total. The summed E-state index contributed by atoms with van der Waals surface area (Å²) in [5, 5.41) is 3.15. The predicted octanol–water partition coefficient (Wildman–Crippen LogP) is 4.01. The Kier molecular flexibility index (Phi) is 6.03. The molecule has 2 aromatic heterocycles. The summed E-state index contributed by atoms with van der Waals surface area (Å²) >= 11 is 7.37. The first-order chi connectivity index (χ1) is 14.1. The number of ether oxygens (including phenoxy) is 1. The number of rotatable bonds is 5. The highest BCUT2D eigenvalue weighted by atomic mass is 35.5. The summed E-state index contributed by atoms with van der Waals surface area (Å²) < 4.78 is 18.8. The van der Waals surface area contributed by atoms with Gasteiger partial charge in [-0.2, -0.15) is 0 Å². The SMILES string of the molecule is O=C(c1ccc(Cl)nc1)N(Cc1csc(N2CCOCC2)n1)c1ccc(F)cc1. The minimum absolute atomic E-state index is 0.258. The van der Waals surface area contributed by atoms with Crippen LogP contribution in [0.3, 0.4) is 0 Å². The molecule has 6 nitrogen and oxygen atoms in total. The third kappa shape index (κ3) is 4.72. The zero-order valence-electron chi connectivity index (χ0n) is 15.4. The van der Waals surface area contributed by atoms with Crippen LogP contribution in [0.25, 0.3) is 0 Å². The van der Waals surface area contributed by atoms with Gasteiger partial charge in [-0.15, -0.1) is 11.3 Å². The van der Waals surface area contributed by atoms with Gasteiger partial charge < -0.3 is 14.5 Å². The van der Waals surface area contributed by atoms with Gasteiger partial charge in [0, 0.05) is 30.4 Å². The zero-order chi connectivity index (χ0) is 20.2. The summed E-state index contributed by atoms with van der Waals surface area (Å²) in [5.41, 5.74) is 1.73. The van der Waals surface area contributed by atoms with Gasteiger partial charge in [-0.05, 0) is 36.4 Å². The van der Waals surface area contributed by atoms with E-state index in [-0.39, 0.29) is 18.3 Å². The quantitative estimate of drug-likeness (QED) is 0.570. The second-order valence-corrected chi connectivity index (χ2v) is 7.68. The second-order valence-electron chi connectivity index (χ2n) is 6.46. The van der Waals surface area contributed by atoms with E-state index in [1.165, 1.54) is 29.7 Å². The summed E-state index contributed by atoms with van der Waals surface area (Å²) in [4.78, 5) is 25.6. The number of carbonyl (C=O) groups is 1. The maximum atomic E-state index is 13.4. The van der Waals surface area contributed by atoms with Crippen LogP contribution >= 0.6 is 22.9 Å². The molecule has 0 atom stereocenters. The van der Waals surface area contributed by atoms with E-state index in [1.807, 2.05) is 5.38 Å². The molecule has 4 rings (SSSR count). The van der Waals surface area contributed by atoms with Crippen molar-refractivity contribution in [2.75, 3.05) is 36.1 Å². The summed E-state index contributed by atoms with van der Waals surface area (Å²) in [6.07, 6.45) is 1.43. The molecule has 9 heteroatoms. The lowest BCUT2D eigenvalue weighted by Crippen LogP contribution is -2.36. The van der Waals surface area contributed by atoms with Crippen molar-refractivity contribution in [3.05, 3.63) is 70.2 Å². The molecule has 1 fully saturated rings. The largest absolute Gasteiger partial charge is 0.378 e. The molecule has 0 radical (unpaired) electrons. The van der Waals surface area contributed by atoms with Crippen molar-refractivity contribution >= 4 is 39.7 Å². The molecule has 1 saturated heterocycles. The highest BCUT2D eigenvalue weighted by Crippen LogP contribution is 2.25. The Hall–Kier alpha value is -2.55. The molecule has 0 spiro atoms. The van der Waals surface area contributed by atoms with Crippen LogP contribution in [0.1, 0.15) is 16.1 Å². The fourth-order valence-electron chi connectivity index (χ4n) is 2.99. The molecular formula is C20H18ClFN4O2S. The Bertz CT molecular complexity index is 975. The molecule has 0 aliphatic carbocycles.